The average Bonchev–Trinajstić information content (AvgIpc) is 3.52. The van der Waals surface area contributed by atoms with Gasteiger partial charge < -0.3 is 9.80 Å². The SMILES string of the molecule is Cc1nc(C2CC2)nc2sc(C(=O)N3CCN(c4ccncc4)CC3)c(C)c12. The highest BCUT2D eigenvalue weighted by molar-refractivity contribution is 7.20. The van der Waals surface area contributed by atoms with Crippen molar-refractivity contribution >= 4 is 33.1 Å². The van der Waals surface area contributed by atoms with Crippen LogP contribution in [0.5, 0.6) is 0 Å². The maximum atomic E-state index is 13.2. The number of nitrogens with zero attached hydrogens (tertiary/aromatic N) is 5. The smallest absolute Gasteiger partial charge is 0.264 e. The van der Waals surface area contributed by atoms with Crippen molar-refractivity contribution in [3.63, 3.8) is 0 Å². The van der Waals surface area contributed by atoms with Crippen LogP contribution in [0, 0.1) is 13.8 Å². The van der Waals surface area contributed by atoms with Gasteiger partial charge >= 0.3 is 0 Å². The van der Waals surface area contributed by atoms with Gasteiger partial charge in [0.15, 0.2) is 0 Å². The third kappa shape index (κ3) is 3.03. The Bertz CT molecular complexity index is 1040. The first-order valence-electron chi connectivity index (χ1n) is 9.83. The lowest BCUT2D eigenvalue weighted by atomic mass is 10.1. The number of aromatic nitrogens is 3. The van der Waals surface area contributed by atoms with Crippen molar-refractivity contribution in [2.24, 2.45) is 0 Å². The number of piperazine rings is 1. The van der Waals surface area contributed by atoms with Gasteiger partial charge in [-0.05, 0) is 44.4 Å². The molecule has 0 N–H and O–H groups in total. The van der Waals surface area contributed by atoms with Gasteiger partial charge in [-0.3, -0.25) is 9.78 Å². The van der Waals surface area contributed by atoms with Crippen LogP contribution in [0.25, 0.3) is 10.2 Å². The molecule has 6 nitrogen and oxygen atoms in total. The number of carbonyl (C=O) groups is 1. The fraction of sp³-hybridized carbons (Fsp3) is 0.429. The lowest BCUT2D eigenvalue weighted by Gasteiger charge is -2.36. The van der Waals surface area contributed by atoms with Crippen molar-refractivity contribution in [1.82, 2.24) is 19.9 Å². The minimum absolute atomic E-state index is 0.127. The van der Waals surface area contributed by atoms with E-state index in [4.69, 9.17) is 9.97 Å². The van der Waals surface area contributed by atoms with Crippen molar-refractivity contribution in [1.29, 1.82) is 0 Å². The summed E-state index contributed by atoms with van der Waals surface area (Å²) < 4.78 is 0. The van der Waals surface area contributed by atoms with E-state index in [0.717, 1.165) is 58.4 Å². The summed E-state index contributed by atoms with van der Waals surface area (Å²) in [7, 11) is 0. The number of carbonyl (C=O) groups excluding carboxylic acids is 1. The number of pyridine rings is 1. The van der Waals surface area contributed by atoms with Gasteiger partial charge in [0, 0.05) is 55.6 Å². The van der Waals surface area contributed by atoms with Crippen molar-refractivity contribution in [2.75, 3.05) is 31.1 Å². The maximum Gasteiger partial charge on any atom is 0.264 e. The number of fused-ring (bicyclic) bond motifs is 1. The summed E-state index contributed by atoms with van der Waals surface area (Å²) in [6, 6.07) is 4.04. The predicted octanol–water partition coefficient (Wildman–Crippen LogP) is 3.54. The molecule has 0 bridgehead atoms. The number of anilines is 1. The molecule has 1 saturated carbocycles. The van der Waals surface area contributed by atoms with E-state index in [1.807, 2.05) is 43.3 Å². The molecular weight excluding hydrogens is 370 g/mol. The number of rotatable bonds is 3. The fourth-order valence-corrected chi connectivity index (χ4v) is 5.16. The Morgan fingerprint density at radius 1 is 1.07 bits per heavy atom. The number of amides is 1. The van der Waals surface area contributed by atoms with E-state index in [1.165, 1.54) is 29.9 Å². The summed E-state index contributed by atoms with van der Waals surface area (Å²) in [5.41, 5.74) is 3.20. The second-order valence-electron chi connectivity index (χ2n) is 7.66. The zero-order valence-corrected chi connectivity index (χ0v) is 17.0. The van der Waals surface area contributed by atoms with Crippen LogP contribution in [0.1, 0.15) is 45.5 Å². The molecule has 0 unspecified atom stereocenters. The Morgan fingerprint density at radius 3 is 2.46 bits per heavy atom. The van der Waals surface area contributed by atoms with Gasteiger partial charge in [0.2, 0.25) is 0 Å². The third-order valence-corrected chi connectivity index (χ3v) is 6.89. The van der Waals surface area contributed by atoms with E-state index in [-0.39, 0.29) is 5.91 Å². The Kier molecular flexibility index (Phi) is 4.27. The molecule has 5 rings (SSSR count). The van der Waals surface area contributed by atoms with Crippen LogP contribution in [0.2, 0.25) is 0 Å². The van der Waals surface area contributed by atoms with E-state index in [0.29, 0.717) is 5.92 Å². The fourth-order valence-electron chi connectivity index (χ4n) is 3.95. The van der Waals surface area contributed by atoms with E-state index in [1.54, 1.807) is 0 Å². The Labute approximate surface area is 168 Å². The van der Waals surface area contributed by atoms with Crippen molar-refractivity contribution in [2.45, 2.75) is 32.6 Å². The van der Waals surface area contributed by atoms with Crippen molar-refractivity contribution in [3.05, 3.63) is 46.5 Å². The normalized spacial score (nSPS) is 17.4. The zero-order valence-electron chi connectivity index (χ0n) is 16.2. The molecule has 0 aromatic carbocycles. The Balaban J connectivity index is 1.37. The number of aryl methyl sites for hydroxylation is 2. The maximum absolute atomic E-state index is 13.2. The molecule has 28 heavy (non-hydrogen) atoms. The topological polar surface area (TPSA) is 62.2 Å². The van der Waals surface area contributed by atoms with E-state index in [9.17, 15) is 4.79 Å². The van der Waals surface area contributed by atoms with Gasteiger partial charge in [-0.25, -0.2) is 9.97 Å². The Hall–Kier alpha value is -2.54. The van der Waals surface area contributed by atoms with Crippen molar-refractivity contribution < 1.29 is 4.79 Å². The molecule has 4 heterocycles. The zero-order chi connectivity index (χ0) is 19.3. The molecular formula is C21H23N5OS. The van der Waals surface area contributed by atoms with Gasteiger partial charge in [0.1, 0.15) is 10.7 Å². The van der Waals surface area contributed by atoms with E-state index < -0.39 is 0 Å². The second-order valence-corrected chi connectivity index (χ2v) is 8.66. The van der Waals surface area contributed by atoms with Crippen LogP contribution in [-0.2, 0) is 0 Å². The van der Waals surface area contributed by atoms with Crippen LogP contribution >= 0.6 is 11.3 Å². The van der Waals surface area contributed by atoms with Gasteiger partial charge in [0.05, 0.1) is 10.6 Å². The highest BCUT2D eigenvalue weighted by Crippen LogP contribution is 2.40. The molecule has 0 atom stereocenters. The first-order valence-corrected chi connectivity index (χ1v) is 10.7. The van der Waals surface area contributed by atoms with Gasteiger partial charge in [0.25, 0.3) is 5.91 Å². The molecule has 3 aromatic heterocycles. The summed E-state index contributed by atoms with van der Waals surface area (Å²) in [4.78, 5) is 32.9. The van der Waals surface area contributed by atoms with E-state index >= 15 is 0 Å². The molecule has 144 valence electrons. The number of thiophene rings is 1. The monoisotopic (exact) mass is 393 g/mol. The summed E-state index contributed by atoms with van der Waals surface area (Å²) in [6.07, 6.45) is 5.99. The standard InChI is InChI=1S/C21H23N5OS/c1-13-17-14(2)23-19(15-3-4-15)24-20(17)28-18(13)21(27)26-11-9-25(10-12-26)16-5-7-22-8-6-16/h5-8,15H,3-4,9-12H2,1-2H3. The first kappa shape index (κ1) is 17.6. The minimum Gasteiger partial charge on any atom is -0.368 e. The minimum atomic E-state index is 0.127. The van der Waals surface area contributed by atoms with Gasteiger partial charge in [-0.2, -0.15) is 0 Å². The molecule has 1 aliphatic heterocycles. The average molecular weight is 394 g/mol. The summed E-state index contributed by atoms with van der Waals surface area (Å²) >= 11 is 1.53. The molecule has 0 spiro atoms. The molecule has 0 radical (unpaired) electrons. The van der Waals surface area contributed by atoms with Crippen LogP contribution in [0.4, 0.5) is 5.69 Å². The molecule has 7 heteroatoms. The highest BCUT2D eigenvalue weighted by Gasteiger charge is 2.30. The third-order valence-electron chi connectivity index (χ3n) is 5.72. The molecule has 2 aliphatic rings. The van der Waals surface area contributed by atoms with E-state index in [2.05, 4.69) is 9.88 Å². The summed E-state index contributed by atoms with van der Waals surface area (Å²) in [5, 5.41) is 1.06. The molecule has 1 saturated heterocycles. The highest BCUT2D eigenvalue weighted by atomic mass is 32.1. The molecule has 1 aliphatic carbocycles. The molecule has 1 amide bonds. The van der Waals surface area contributed by atoms with Crippen LogP contribution in [-0.4, -0.2) is 51.9 Å². The molecule has 3 aromatic rings. The lowest BCUT2D eigenvalue weighted by molar-refractivity contribution is 0.0751. The lowest BCUT2D eigenvalue weighted by Crippen LogP contribution is -2.48. The van der Waals surface area contributed by atoms with Crippen molar-refractivity contribution in [3.8, 4) is 0 Å². The van der Waals surface area contributed by atoms with Crippen LogP contribution in [0.15, 0.2) is 24.5 Å². The largest absolute Gasteiger partial charge is 0.368 e. The quantitative estimate of drug-likeness (QED) is 0.681. The summed E-state index contributed by atoms with van der Waals surface area (Å²) in [6.45, 7) is 7.21. The van der Waals surface area contributed by atoms with Gasteiger partial charge in [-0.15, -0.1) is 11.3 Å². The second kappa shape index (κ2) is 6.81. The van der Waals surface area contributed by atoms with Gasteiger partial charge in [-0.1, -0.05) is 0 Å². The predicted molar refractivity (Wildman–Crippen MR) is 111 cm³/mol. The van der Waals surface area contributed by atoms with Crippen LogP contribution < -0.4 is 4.90 Å². The number of hydrogen-bond acceptors (Lipinski definition) is 6. The summed E-state index contributed by atoms with van der Waals surface area (Å²) in [5.74, 6) is 1.60. The Morgan fingerprint density at radius 2 is 1.79 bits per heavy atom. The number of hydrogen-bond donors (Lipinski definition) is 0. The molecule has 2 fully saturated rings. The van der Waals surface area contributed by atoms with Crippen LogP contribution in [0.3, 0.4) is 0 Å². The first-order chi connectivity index (χ1) is 13.6.